The van der Waals surface area contributed by atoms with Gasteiger partial charge in [0.15, 0.2) is 0 Å². The summed E-state index contributed by atoms with van der Waals surface area (Å²) in [6, 6.07) is 14.4. The van der Waals surface area contributed by atoms with Gasteiger partial charge in [-0.25, -0.2) is 0 Å². The molecular weight excluding hydrogens is 798 g/mol. The Morgan fingerprint density at radius 3 is 0.579 bits per heavy atom. The molecule has 3 rings (SSSR count). The first kappa shape index (κ1) is 37.2. The molecule has 0 aliphatic heterocycles. The number of aromatic carboxylic acids is 6. The van der Waals surface area contributed by atoms with Crippen LogP contribution in [0.3, 0.4) is 0 Å². The molecule has 0 fully saturated rings. The van der Waals surface area contributed by atoms with Crippen molar-refractivity contribution in [1.29, 1.82) is 0 Å². The molecule has 0 aliphatic carbocycles. The predicted molar refractivity (Wildman–Crippen MR) is 105 cm³/mol. The topological polar surface area (TPSA) is 241 Å². The average molecular weight is 810 g/mol. The van der Waals surface area contributed by atoms with E-state index in [-0.39, 0.29) is 111 Å². The summed E-state index contributed by atoms with van der Waals surface area (Å²) >= 11 is 0. The number of benzene rings is 3. The Hall–Kier alpha value is -2.95. The van der Waals surface area contributed by atoms with E-state index in [1.54, 1.807) is 0 Å². The molecule has 0 spiro atoms. The van der Waals surface area contributed by atoms with E-state index in [0.29, 0.717) is 0 Å². The molecule has 3 aromatic rings. The Balaban J connectivity index is 0. The molecule has 0 heterocycles. The molecule has 0 radical (unpaired) electrons. The zero-order valence-corrected chi connectivity index (χ0v) is 22.8. The standard InChI is InChI=1S/3C8H6O4.2Tb/c3*9-7(10)5-2-1-3-6(4-5)8(11)12;;/h3*1-4H,(H,9,10)(H,11,12);;/q;;;2*+3/p-6. The van der Waals surface area contributed by atoms with Gasteiger partial charge in [-0.15, -0.1) is 0 Å². The van der Waals surface area contributed by atoms with Crippen molar-refractivity contribution in [1.82, 2.24) is 0 Å². The van der Waals surface area contributed by atoms with Crippen LogP contribution in [0, 0.1) is 77.2 Å². The van der Waals surface area contributed by atoms with Gasteiger partial charge in [0.25, 0.3) is 0 Å². The average Bonchev–Trinajstić information content (AvgIpc) is 2.85. The van der Waals surface area contributed by atoms with Crippen LogP contribution in [0.15, 0.2) is 72.8 Å². The van der Waals surface area contributed by atoms with Crippen molar-refractivity contribution in [2.75, 3.05) is 0 Å². The van der Waals surface area contributed by atoms with Crippen molar-refractivity contribution in [2.45, 2.75) is 0 Å². The Kier molecular flexibility index (Phi) is 17.9. The fourth-order valence-electron chi connectivity index (χ4n) is 2.32. The van der Waals surface area contributed by atoms with E-state index >= 15 is 0 Å². The first-order valence-corrected chi connectivity index (χ1v) is 9.41. The predicted octanol–water partition coefficient (Wildman–Crippen LogP) is -4.76. The third-order valence-electron chi connectivity index (χ3n) is 4.00. The van der Waals surface area contributed by atoms with Crippen LogP contribution in [0.1, 0.15) is 62.1 Å². The summed E-state index contributed by atoms with van der Waals surface area (Å²) < 4.78 is 0. The van der Waals surface area contributed by atoms with E-state index in [9.17, 15) is 59.4 Å². The number of carboxylic acid groups (broad SMARTS) is 6. The molecule has 0 aliphatic rings. The first-order chi connectivity index (χ1) is 16.8. The van der Waals surface area contributed by atoms with E-state index in [4.69, 9.17) is 0 Å². The van der Waals surface area contributed by atoms with E-state index in [1.165, 1.54) is 54.6 Å². The molecule has 0 amide bonds. The quantitative estimate of drug-likeness (QED) is 0.228. The molecule has 0 saturated heterocycles. The maximum absolute atomic E-state index is 10.3. The summed E-state index contributed by atoms with van der Waals surface area (Å²) in [6.45, 7) is 0. The summed E-state index contributed by atoms with van der Waals surface area (Å²) in [5.41, 5.74) is -1.02. The van der Waals surface area contributed by atoms with Gasteiger partial charge in [-0.1, -0.05) is 54.6 Å². The van der Waals surface area contributed by atoms with Crippen LogP contribution in [-0.4, -0.2) is 35.8 Å². The molecule has 12 nitrogen and oxygen atoms in total. The van der Waals surface area contributed by atoms with Crippen LogP contribution in [0.25, 0.3) is 0 Å². The van der Waals surface area contributed by atoms with Crippen molar-refractivity contribution < 1.29 is 137 Å². The number of carbonyl (C=O) groups is 6. The van der Waals surface area contributed by atoms with Crippen LogP contribution in [-0.2, 0) is 0 Å². The first-order valence-electron chi connectivity index (χ1n) is 9.41. The molecule has 0 N–H and O–H groups in total. The van der Waals surface area contributed by atoms with Gasteiger partial charge in [0.2, 0.25) is 0 Å². The van der Waals surface area contributed by atoms with Gasteiger partial charge in [0, 0.05) is 0 Å². The minimum absolute atomic E-state index is 0. The summed E-state index contributed by atoms with van der Waals surface area (Å²) in [6.07, 6.45) is 0. The summed E-state index contributed by atoms with van der Waals surface area (Å²) in [5, 5.41) is 61.5. The Labute approximate surface area is 275 Å². The Morgan fingerprint density at radius 1 is 0.342 bits per heavy atom. The Bertz CT molecular complexity index is 1070. The van der Waals surface area contributed by atoms with E-state index in [2.05, 4.69) is 0 Å². The van der Waals surface area contributed by atoms with Crippen LogP contribution in [0.5, 0.6) is 0 Å². The molecule has 0 atom stereocenters. The normalized spacial score (nSPS) is 8.84. The fraction of sp³-hybridized carbons (Fsp3) is 0. The van der Waals surface area contributed by atoms with Gasteiger partial charge >= 0.3 is 77.2 Å². The van der Waals surface area contributed by atoms with Crippen molar-refractivity contribution in [3.8, 4) is 0 Å². The number of hydrogen-bond donors (Lipinski definition) is 0. The maximum atomic E-state index is 10.3. The molecule has 0 saturated carbocycles. The summed E-state index contributed by atoms with van der Waals surface area (Å²) in [4.78, 5) is 61.5. The van der Waals surface area contributed by atoms with Gasteiger partial charge in [-0.2, -0.15) is 0 Å². The van der Waals surface area contributed by atoms with Crippen molar-refractivity contribution in [2.24, 2.45) is 0 Å². The molecule has 0 aromatic heterocycles. The van der Waals surface area contributed by atoms with Crippen molar-refractivity contribution in [3.63, 3.8) is 0 Å². The molecule has 0 bridgehead atoms. The SMILES string of the molecule is O=C([O-])c1cccc(C(=O)[O-])c1.O=C([O-])c1cccc(C(=O)[O-])c1.O=C([O-])c1cccc(C(=O)[O-])c1.[Tb+3].[Tb+3]. The third kappa shape index (κ3) is 13.0. The van der Waals surface area contributed by atoms with Gasteiger partial charge in [0.05, 0.1) is 35.8 Å². The fourth-order valence-corrected chi connectivity index (χ4v) is 2.32. The van der Waals surface area contributed by atoms with Crippen LogP contribution in [0.2, 0.25) is 0 Å². The molecule has 3 aromatic carbocycles. The number of carboxylic acids is 6. The monoisotopic (exact) mass is 810 g/mol. The summed E-state index contributed by atoms with van der Waals surface area (Å²) in [7, 11) is 0. The smallest absolute Gasteiger partial charge is 0.545 e. The number of carbonyl (C=O) groups excluding carboxylic acids is 6. The molecule has 198 valence electrons. The van der Waals surface area contributed by atoms with Crippen LogP contribution < -0.4 is 30.6 Å². The largest absolute Gasteiger partial charge is 3.00 e. The maximum Gasteiger partial charge on any atom is 3.00 e. The molecule has 38 heavy (non-hydrogen) atoms. The molecule has 0 unspecified atom stereocenters. The van der Waals surface area contributed by atoms with Gasteiger partial charge in [0.1, 0.15) is 0 Å². The molecule has 14 heteroatoms. The van der Waals surface area contributed by atoms with Gasteiger partial charge < -0.3 is 59.4 Å². The van der Waals surface area contributed by atoms with Gasteiger partial charge in [-0.05, 0) is 51.6 Å². The van der Waals surface area contributed by atoms with E-state index in [1.807, 2.05) is 0 Å². The van der Waals surface area contributed by atoms with Crippen LogP contribution >= 0.6 is 0 Å². The second kappa shape index (κ2) is 18.3. The second-order valence-corrected chi connectivity index (χ2v) is 6.47. The minimum atomic E-state index is -1.40. The van der Waals surface area contributed by atoms with E-state index in [0.717, 1.165) is 18.2 Å². The minimum Gasteiger partial charge on any atom is -0.545 e. The van der Waals surface area contributed by atoms with Crippen LogP contribution in [0.4, 0.5) is 0 Å². The summed E-state index contributed by atoms with van der Waals surface area (Å²) in [5.74, 6) is -8.43. The zero-order valence-electron chi connectivity index (χ0n) is 18.5. The van der Waals surface area contributed by atoms with Gasteiger partial charge in [-0.3, -0.25) is 0 Å². The van der Waals surface area contributed by atoms with E-state index < -0.39 is 35.8 Å². The van der Waals surface area contributed by atoms with Crippen molar-refractivity contribution >= 4 is 35.8 Å². The number of rotatable bonds is 6. The second-order valence-electron chi connectivity index (χ2n) is 6.47. The molecular formula is C24H12O12Tb2. The Morgan fingerprint density at radius 2 is 0.474 bits per heavy atom. The third-order valence-corrected chi connectivity index (χ3v) is 4.00. The van der Waals surface area contributed by atoms with Crippen molar-refractivity contribution in [3.05, 3.63) is 106 Å². The number of hydrogen-bond acceptors (Lipinski definition) is 12. The zero-order chi connectivity index (χ0) is 27.4.